The van der Waals surface area contributed by atoms with Gasteiger partial charge in [0.1, 0.15) is 6.04 Å². The predicted octanol–water partition coefficient (Wildman–Crippen LogP) is 3.45. The van der Waals surface area contributed by atoms with E-state index in [1.54, 1.807) is 0 Å². The van der Waals surface area contributed by atoms with E-state index in [2.05, 4.69) is 21.2 Å². The first kappa shape index (κ1) is 14.0. The Kier molecular flexibility index (Phi) is 4.57. The summed E-state index contributed by atoms with van der Waals surface area (Å²) in [6, 6.07) is 7.34. The van der Waals surface area contributed by atoms with E-state index >= 15 is 0 Å². The Labute approximate surface area is 111 Å². The largest absolute Gasteiger partial charge is 0.467 e. The maximum Gasteiger partial charge on any atom is 0.328 e. The van der Waals surface area contributed by atoms with Crippen molar-refractivity contribution in [2.75, 3.05) is 12.4 Å². The lowest BCUT2D eigenvalue weighted by Crippen LogP contribution is -2.41. The minimum atomic E-state index is -0.367. The molecule has 0 fully saturated rings. The van der Waals surface area contributed by atoms with Gasteiger partial charge in [0.2, 0.25) is 0 Å². The minimum Gasteiger partial charge on any atom is -0.467 e. The molecule has 1 unspecified atom stereocenters. The van der Waals surface area contributed by atoms with Crippen LogP contribution in [0.4, 0.5) is 5.69 Å². The Morgan fingerprint density at radius 2 is 1.82 bits per heavy atom. The van der Waals surface area contributed by atoms with Gasteiger partial charge < -0.3 is 10.1 Å². The highest BCUT2D eigenvalue weighted by molar-refractivity contribution is 9.10. The van der Waals surface area contributed by atoms with Gasteiger partial charge in [0.25, 0.3) is 0 Å². The van der Waals surface area contributed by atoms with Gasteiger partial charge in [-0.1, -0.05) is 36.7 Å². The summed E-state index contributed by atoms with van der Waals surface area (Å²) in [4.78, 5) is 11.7. The molecule has 0 heterocycles. The van der Waals surface area contributed by atoms with Crippen molar-refractivity contribution >= 4 is 27.6 Å². The molecule has 0 aliphatic rings. The fraction of sp³-hybridized carbons (Fsp3) is 0.462. The van der Waals surface area contributed by atoms with Crippen molar-refractivity contribution < 1.29 is 9.53 Å². The van der Waals surface area contributed by atoms with Crippen LogP contribution in [-0.4, -0.2) is 19.1 Å². The number of anilines is 1. The molecule has 0 radical (unpaired) electrons. The lowest BCUT2D eigenvalue weighted by atomic mass is 9.86. The third-order valence-corrected chi connectivity index (χ3v) is 2.99. The minimum absolute atomic E-state index is 0.208. The van der Waals surface area contributed by atoms with Crippen molar-refractivity contribution in [3.63, 3.8) is 0 Å². The van der Waals surface area contributed by atoms with E-state index in [0.29, 0.717) is 0 Å². The van der Waals surface area contributed by atoms with E-state index in [-0.39, 0.29) is 17.4 Å². The van der Waals surface area contributed by atoms with Crippen LogP contribution in [0.2, 0.25) is 0 Å². The number of esters is 1. The Morgan fingerprint density at radius 3 is 2.24 bits per heavy atom. The summed E-state index contributed by atoms with van der Waals surface area (Å²) >= 11 is 3.37. The second-order valence-electron chi connectivity index (χ2n) is 4.97. The van der Waals surface area contributed by atoms with Crippen molar-refractivity contribution in [2.24, 2.45) is 5.41 Å². The van der Waals surface area contributed by atoms with Crippen LogP contribution in [0, 0.1) is 5.41 Å². The number of ether oxygens (including phenoxy) is 1. The summed E-state index contributed by atoms with van der Waals surface area (Å²) in [5.41, 5.74) is 0.693. The van der Waals surface area contributed by atoms with Crippen molar-refractivity contribution in [3.05, 3.63) is 28.7 Å². The second-order valence-corrected chi connectivity index (χ2v) is 5.89. The molecule has 0 aromatic heterocycles. The molecule has 0 bridgehead atoms. The molecule has 0 aliphatic heterocycles. The number of halogens is 1. The summed E-state index contributed by atoms with van der Waals surface area (Å²) in [5.74, 6) is -0.250. The van der Waals surface area contributed by atoms with Gasteiger partial charge in [-0.2, -0.15) is 0 Å². The number of hydrogen-bond donors (Lipinski definition) is 1. The number of methoxy groups -OCH3 is 1. The highest BCUT2D eigenvalue weighted by Gasteiger charge is 2.32. The number of rotatable bonds is 3. The molecule has 17 heavy (non-hydrogen) atoms. The molecule has 1 rings (SSSR count). The van der Waals surface area contributed by atoms with Gasteiger partial charge in [-0.15, -0.1) is 0 Å². The van der Waals surface area contributed by atoms with Crippen LogP contribution in [0.3, 0.4) is 0 Å². The van der Waals surface area contributed by atoms with Crippen LogP contribution >= 0.6 is 15.9 Å². The number of carbonyl (C=O) groups is 1. The smallest absolute Gasteiger partial charge is 0.328 e. The first-order valence-corrected chi connectivity index (χ1v) is 6.24. The summed E-state index contributed by atoms with van der Waals surface area (Å²) < 4.78 is 5.83. The van der Waals surface area contributed by atoms with E-state index in [9.17, 15) is 4.79 Å². The highest BCUT2D eigenvalue weighted by Crippen LogP contribution is 2.25. The molecular weight excluding hydrogens is 282 g/mol. The third-order valence-electron chi connectivity index (χ3n) is 2.46. The molecule has 0 saturated carbocycles. The molecule has 1 aromatic carbocycles. The van der Waals surface area contributed by atoms with Crippen LogP contribution in [0.1, 0.15) is 20.8 Å². The number of nitrogens with one attached hydrogen (secondary N) is 1. The summed E-state index contributed by atoms with van der Waals surface area (Å²) in [6.45, 7) is 6.00. The Morgan fingerprint density at radius 1 is 1.29 bits per heavy atom. The van der Waals surface area contributed by atoms with Gasteiger partial charge in [0.15, 0.2) is 0 Å². The van der Waals surface area contributed by atoms with Gasteiger partial charge in [0, 0.05) is 10.2 Å². The zero-order valence-electron chi connectivity index (χ0n) is 10.6. The lowest BCUT2D eigenvalue weighted by Gasteiger charge is -2.29. The standard InChI is InChI=1S/C13H18BrNO2/c1-13(2,3)11(12(16)17-4)15-10-7-5-9(14)6-8-10/h5-8,11,15H,1-4H3. The van der Waals surface area contributed by atoms with Crippen molar-refractivity contribution in [1.29, 1.82) is 0 Å². The SMILES string of the molecule is COC(=O)C(Nc1ccc(Br)cc1)C(C)(C)C. The molecule has 3 nitrogen and oxygen atoms in total. The van der Waals surface area contributed by atoms with Gasteiger partial charge in [0.05, 0.1) is 7.11 Å². The number of carbonyl (C=O) groups excluding carboxylic acids is 1. The fourth-order valence-electron chi connectivity index (χ4n) is 1.46. The summed E-state index contributed by atoms with van der Waals surface area (Å²) in [6.07, 6.45) is 0. The predicted molar refractivity (Wildman–Crippen MR) is 73.0 cm³/mol. The molecular formula is C13H18BrNO2. The third kappa shape index (κ3) is 4.04. The normalized spacial score (nSPS) is 13.0. The maximum absolute atomic E-state index is 11.7. The maximum atomic E-state index is 11.7. The molecule has 0 spiro atoms. The first-order chi connectivity index (χ1) is 7.84. The van der Waals surface area contributed by atoms with Gasteiger partial charge >= 0.3 is 5.97 Å². The average Bonchev–Trinajstić information content (AvgIpc) is 2.25. The Balaban J connectivity index is 2.87. The molecule has 4 heteroatoms. The molecule has 1 atom stereocenters. The highest BCUT2D eigenvalue weighted by atomic mass is 79.9. The summed E-state index contributed by atoms with van der Waals surface area (Å²) in [7, 11) is 1.41. The Bertz CT molecular complexity index is 381. The van der Waals surface area contributed by atoms with Gasteiger partial charge in [-0.05, 0) is 29.7 Å². The fourth-order valence-corrected chi connectivity index (χ4v) is 1.72. The van der Waals surface area contributed by atoms with E-state index < -0.39 is 0 Å². The molecule has 0 amide bonds. The van der Waals surface area contributed by atoms with E-state index in [1.165, 1.54) is 7.11 Å². The second kappa shape index (κ2) is 5.54. The van der Waals surface area contributed by atoms with Crippen LogP contribution < -0.4 is 5.32 Å². The van der Waals surface area contributed by atoms with Crippen LogP contribution in [0.15, 0.2) is 28.7 Å². The summed E-state index contributed by atoms with van der Waals surface area (Å²) in [5, 5.41) is 3.20. The van der Waals surface area contributed by atoms with Crippen LogP contribution in [0.5, 0.6) is 0 Å². The molecule has 94 valence electrons. The number of benzene rings is 1. The first-order valence-electron chi connectivity index (χ1n) is 5.44. The molecule has 0 aliphatic carbocycles. The monoisotopic (exact) mass is 299 g/mol. The molecule has 1 N–H and O–H groups in total. The van der Waals surface area contributed by atoms with Crippen LogP contribution in [-0.2, 0) is 9.53 Å². The van der Waals surface area contributed by atoms with E-state index in [4.69, 9.17) is 4.74 Å². The molecule has 0 saturated heterocycles. The van der Waals surface area contributed by atoms with Gasteiger partial charge in [-0.3, -0.25) is 0 Å². The zero-order chi connectivity index (χ0) is 13.1. The zero-order valence-corrected chi connectivity index (χ0v) is 12.2. The lowest BCUT2D eigenvalue weighted by molar-refractivity contribution is -0.143. The number of hydrogen-bond acceptors (Lipinski definition) is 3. The van der Waals surface area contributed by atoms with Crippen molar-refractivity contribution in [2.45, 2.75) is 26.8 Å². The van der Waals surface area contributed by atoms with Crippen molar-refractivity contribution in [3.8, 4) is 0 Å². The quantitative estimate of drug-likeness (QED) is 0.869. The molecule has 1 aromatic rings. The van der Waals surface area contributed by atoms with Crippen LogP contribution in [0.25, 0.3) is 0 Å². The van der Waals surface area contributed by atoms with E-state index in [0.717, 1.165) is 10.2 Å². The van der Waals surface area contributed by atoms with E-state index in [1.807, 2.05) is 45.0 Å². The Hall–Kier alpha value is -1.03. The van der Waals surface area contributed by atoms with Crippen molar-refractivity contribution in [1.82, 2.24) is 0 Å². The topological polar surface area (TPSA) is 38.3 Å². The van der Waals surface area contributed by atoms with Gasteiger partial charge in [-0.25, -0.2) is 4.79 Å². The average molecular weight is 300 g/mol.